The van der Waals surface area contributed by atoms with Gasteiger partial charge in [0, 0.05) is 17.7 Å². The van der Waals surface area contributed by atoms with Gasteiger partial charge in [0.05, 0.1) is 12.7 Å². The summed E-state index contributed by atoms with van der Waals surface area (Å²) in [7, 11) is 1.33. The molecule has 0 fully saturated rings. The topological polar surface area (TPSA) is 92.7 Å². The van der Waals surface area contributed by atoms with Crippen molar-refractivity contribution < 1.29 is 24.2 Å². The number of ether oxygens (including phenoxy) is 1. The summed E-state index contributed by atoms with van der Waals surface area (Å²) in [5.41, 5.74) is 1.45. The van der Waals surface area contributed by atoms with Gasteiger partial charge < -0.3 is 15.2 Å². The lowest BCUT2D eigenvalue weighted by Crippen LogP contribution is -2.16. The van der Waals surface area contributed by atoms with E-state index in [1.165, 1.54) is 18.4 Å². The normalized spacial score (nSPS) is 16.5. The minimum Gasteiger partial charge on any atom is -0.481 e. The highest BCUT2D eigenvalue weighted by Crippen LogP contribution is 2.40. The van der Waals surface area contributed by atoms with Crippen LogP contribution in [0.25, 0.3) is 0 Å². The zero-order valence-corrected chi connectivity index (χ0v) is 14.1. The zero-order chi connectivity index (χ0) is 17.0. The highest BCUT2D eigenvalue weighted by molar-refractivity contribution is 7.17. The fraction of sp³-hybridized carbons (Fsp3) is 0.562. The number of methoxy groups -OCH3 is 1. The Morgan fingerprint density at radius 3 is 2.74 bits per heavy atom. The van der Waals surface area contributed by atoms with Crippen LogP contribution in [0.2, 0.25) is 0 Å². The number of nitrogens with one attached hydrogen (secondary N) is 1. The number of carbonyl (C=O) groups excluding carboxylic acids is 2. The van der Waals surface area contributed by atoms with Gasteiger partial charge in [-0.1, -0.05) is 6.92 Å². The predicted octanol–water partition coefficient (Wildman–Crippen LogP) is 2.85. The van der Waals surface area contributed by atoms with Gasteiger partial charge in [0.2, 0.25) is 5.91 Å². The number of amides is 1. The highest BCUT2D eigenvalue weighted by Gasteiger charge is 2.28. The molecule has 23 heavy (non-hydrogen) atoms. The lowest BCUT2D eigenvalue weighted by atomic mass is 9.88. The molecule has 0 aromatic carbocycles. The summed E-state index contributed by atoms with van der Waals surface area (Å²) < 4.78 is 4.86. The van der Waals surface area contributed by atoms with Crippen molar-refractivity contribution in [3.05, 3.63) is 16.0 Å². The third-order valence-electron chi connectivity index (χ3n) is 3.95. The van der Waals surface area contributed by atoms with Crippen molar-refractivity contribution in [2.24, 2.45) is 5.92 Å². The first kappa shape index (κ1) is 17.5. The van der Waals surface area contributed by atoms with Crippen molar-refractivity contribution in [3.63, 3.8) is 0 Å². The molecule has 6 nitrogen and oxygen atoms in total. The molecule has 0 saturated carbocycles. The van der Waals surface area contributed by atoms with E-state index in [1.54, 1.807) is 0 Å². The van der Waals surface area contributed by atoms with Gasteiger partial charge in [-0.25, -0.2) is 4.79 Å². The number of carbonyl (C=O) groups is 3. The maximum Gasteiger partial charge on any atom is 0.341 e. The Morgan fingerprint density at radius 2 is 2.09 bits per heavy atom. The molecule has 2 N–H and O–H groups in total. The molecule has 0 saturated heterocycles. The standard InChI is InChI=1S/C16H21NO5S/c1-9-6-7-10-11(8-9)23-15(14(10)16(21)22-2)17-12(18)4-3-5-13(19)20/h9H,3-8H2,1-2H3,(H,17,18)(H,19,20)/t9-/m0/s1. The third-order valence-corrected chi connectivity index (χ3v) is 5.12. The van der Waals surface area contributed by atoms with E-state index in [-0.39, 0.29) is 25.2 Å². The molecular weight excluding hydrogens is 318 g/mol. The molecule has 1 aromatic rings. The van der Waals surface area contributed by atoms with Gasteiger partial charge in [-0.2, -0.15) is 0 Å². The van der Waals surface area contributed by atoms with Crippen LogP contribution in [0.1, 0.15) is 53.4 Å². The molecule has 0 aliphatic heterocycles. The van der Waals surface area contributed by atoms with Crippen LogP contribution in [0.3, 0.4) is 0 Å². The number of esters is 1. The van der Waals surface area contributed by atoms with Crippen LogP contribution in [0.5, 0.6) is 0 Å². The van der Waals surface area contributed by atoms with Gasteiger partial charge in [-0.15, -0.1) is 11.3 Å². The average Bonchev–Trinajstić information content (AvgIpc) is 2.82. The van der Waals surface area contributed by atoms with E-state index >= 15 is 0 Å². The van der Waals surface area contributed by atoms with E-state index in [4.69, 9.17) is 9.84 Å². The zero-order valence-electron chi connectivity index (χ0n) is 13.3. The number of carboxylic acid groups (broad SMARTS) is 1. The molecule has 126 valence electrons. The largest absolute Gasteiger partial charge is 0.481 e. The molecule has 1 amide bonds. The van der Waals surface area contributed by atoms with E-state index in [1.807, 2.05) is 0 Å². The number of carboxylic acids is 1. The van der Waals surface area contributed by atoms with Gasteiger partial charge in [0.1, 0.15) is 5.00 Å². The van der Waals surface area contributed by atoms with Gasteiger partial charge in [0.25, 0.3) is 0 Å². The number of hydrogen-bond donors (Lipinski definition) is 2. The van der Waals surface area contributed by atoms with Crippen LogP contribution < -0.4 is 5.32 Å². The Balaban J connectivity index is 2.15. The number of rotatable bonds is 6. The maximum absolute atomic E-state index is 12.1. The number of anilines is 1. The summed E-state index contributed by atoms with van der Waals surface area (Å²) in [4.78, 5) is 35.7. The Kier molecular flexibility index (Phi) is 5.76. The van der Waals surface area contributed by atoms with Gasteiger partial charge in [-0.05, 0) is 37.2 Å². The number of aliphatic carboxylic acids is 1. The minimum atomic E-state index is -0.923. The first-order valence-corrected chi connectivity index (χ1v) is 8.48. The molecule has 0 unspecified atom stereocenters. The van der Waals surface area contributed by atoms with E-state index in [0.717, 1.165) is 29.7 Å². The van der Waals surface area contributed by atoms with Crippen molar-refractivity contribution in [2.75, 3.05) is 12.4 Å². The molecule has 2 rings (SSSR count). The minimum absolute atomic E-state index is 0.0459. The molecule has 1 aromatic heterocycles. The van der Waals surface area contributed by atoms with E-state index < -0.39 is 11.9 Å². The maximum atomic E-state index is 12.1. The number of hydrogen-bond acceptors (Lipinski definition) is 5. The first-order chi connectivity index (χ1) is 10.9. The molecule has 1 atom stereocenters. The predicted molar refractivity (Wildman–Crippen MR) is 87.0 cm³/mol. The molecule has 1 aliphatic rings. The molecule has 7 heteroatoms. The van der Waals surface area contributed by atoms with Crippen molar-refractivity contribution in [2.45, 2.75) is 45.4 Å². The van der Waals surface area contributed by atoms with Gasteiger partial charge in [-0.3, -0.25) is 9.59 Å². The van der Waals surface area contributed by atoms with Crippen molar-refractivity contribution in [3.8, 4) is 0 Å². The summed E-state index contributed by atoms with van der Waals surface area (Å²) in [6.45, 7) is 2.17. The second-order valence-corrected chi connectivity index (χ2v) is 6.95. The fourth-order valence-corrected chi connectivity index (χ4v) is 4.16. The highest BCUT2D eigenvalue weighted by atomic mass is 32.1. The SMILES string of the molecule is COC(=O)c1c(NC(=O)CCCC(=O)O)sc2c1CC[C@H](C)C2. The lowest BCUT2D eigenvalue weighted by molar-refractivity contribution is -0.137. The lowest BCUT2D eigenvalue weighted by Gasteiger charge is -2.18. The molecule has 0 bridgehead atoms. The van der Waals surface area contributed by atoms with E-state index in [2.05, 4.69) is 12.2 Å². The average molecular weight is 339 g/mol. The molecular formula is C16H21NO5S. The number of fused-ring (bicyclic) bond motifs is 1. The Bertz CT molecular complexity index is 622. The van der Waals surface area contributed by atoms with Crippen LogP contribution >= 0.6 is 11.3 Å². The summed E-state index contributed by atoms with van der Waals surface area (Å²) in [5.74, 6) is -1.07. The summed E-state index contributed by atoms with van der Waals surface area (Å²) in [5, 5.41) is 11.9. The molecule has 0 spiro atoms. The molecule has 0 radical (unpaired) electrons. The van der Waals surface area contributed by atoms with Crippen LogP contribution in [0.4, 0.5) is 5.00 Å². The smallest absolute Gasteiger partial charge is 0.341 e. The second kappa shape index (κ2) is 7.59. The van der Waals surface area contributed by atoms with Gasteiger partial charge in [0.15, 0.2) is 0 Å². The van der Waals surface area contributed by atoms with Crippen LogP contribution in [0.15, 0.2) is 0 Å². The van der Waals surface area contributed by atoms with E-state index in [0.29, 0.717) is 16.5 Å². The Morgan fingerprint density at radius 1 is 1.35 bits per heavy atom. The van der Waals surface area contributed by atoms with Crippen LogP contribution in [-0.2, 0) is 27.2 Å². The summed E-state index contributed by atoms with van der Waals surface area (Å²) in [6, 6.07) is 0. The number of thiophene rings is 1. The van der Waals surface area contributed by atoms with Crippen molar-refractivity contribution in [1.29, 1.82) is 0 Å². The quantitative estimate of drug-likeness (QED) is 0.778. The first-order valence-electron chi connectivity index (χ1n) is 7.66. The second-order valence-electron chi connectivity index (χ2n) is 5.84. The van der Waals surface area contributed by atoms with Gasteiger partial charge >= 0.3 is 11.9 Å². The van der Waals surface area contributed by atoms with Crippen molar-refractivity contribution in [1.82, 2.24) is 0 Å². The van der Waals surface area contributed by atoms with Crippen LogP contribution in [0, 0.1) is 5.92 Å². The summed E-state index contributed by atoms with van der Waals surface area (Å²) in [6.07, 6.45) is 3.07. The molecule has 1 heterocycles. The summed E-state index contributed by atoms with van der Waals surface area (Å²) >= 11 is 1.43. The van der Waals surface area contributed by atoms with Crippen molar-refractivity contribution >= 4 is 34.2 Å². The Labute approximate surface area is 138 Å². The van der Waals surface area contributed by atoms with E-state index in [9.17, 15) is 14.4 Å². The fourth-order valence-electron chi connectivity index (χ4n) is 2.75. The third kappa shape index (κ3) is 4.31. The van der Waals surface area contributed by atoms with Crippen LogP contribution in [-0.4, -0.2) is 30.1 Å². The Hall–Kier alpha value is -1.89. The molecule has 1 aliphatic carbocycles. The monoisotopic (exact) mass is 339 g/mol.